The summed E-state index contributed by atoms with van der Waals surface area (Å²) in [4.78, 5) is 78.7. The molecule has 4 aliphatic rings. The van der Waals surface area contributed by atoms with E-state index in [1.807, 2.05) is 30.3 Å². The van der Waals surface area contributed by atoms with Gasteiger partial charge in [-0.05, 0) is 54.7 Å². The first kappa shape index (κ1) is 39.4. The number of benzene rings is 4. The van der Waals surface area contributed by atoms with Gasteiger partial charge in [0.15, 0.2) is 15.4 Å². The van der Waals surface area contributed by atoms with E-state index in [9.17, 15) is 48.9 Å². The minimum Gasteiger partial charge on any atom is -0.508 e. The molecule has 2 saturated heterocycles. The van der Waals surface area contributed by atoms with Crippen molar-refractivity contribution in [2.45, 2.75) is 35.1 Å². The molecular formula is C41H32Cl2FN5O10. The minimum absolute atomic E-state index is 0.0408. The Morgan fingerprint density at radius 3 is 2.08 bits per heavy atom. The molecule has 3 fully saturated rings. The van der Waals surface area contributed by atoms with E-state index in [-0.39, 0.29) is 41.5 Å². The number of nitrogens with zero attached hydrogens (tertiary/aromatic N) is 5. The molecule has 15 nitrogen and oxygen atoms in total. The Bertz CT molecular complexity index is 2500. The number of anilines is 3. The summed E-state index contributed by atoms with van der Waals surface area (Å²) in [6, 6.07) is 19.9. The summed E-state index contributed by atoms with van der Waals surface area (Å²) in [6.07, 6.45) is 1.04. The first-order valence-electron chi connectivity index (χ1n) is 18.2. The average Bonchev–Trinajstić information content (AvgIpc) is 3.54. The number of ether oxygens (including phenoxy) is 1. The molecule has 4 amide bonds. The van der Waals surface area contributed by atoms with E-state index in [1.165, 1.54) is 49.3 Å². The number of fused-ring (bicyclic) bond motifs is 4. The van der Waals surface area contributed by atoms with Crippen molar-refractivity contribution < 1.29 is 43.3 Å². The molecule has 302 valence electrons. The molecule has 0 bridgehead atoms. The van der Waals surface area contributed by atoms with Crippen LogP contribution in [0.1, 0.15) is 29.9 Å². The van der Waals surface area contributed by atoms with Crippen LogP contribution in [0, 0.1) is 43.8 Å². The standard InChI is InChI=1S/C41H32Cl2FN5O10/c1-45(2)35-30(48(55)56)16-24(17-31(35)49(57)58)46-36(51)28-15-14-26-29(33(28)37(46)52)19-40(42)38(53)47(23-10-8-22(44)9-11-23)39(54)41(40,43)34(26)27-13-12-25(18-32(27)50)59-20-21-6-4-3-5-7-21/h3-14,16-18,28-29,33-34,50H,15,19-20H2,1-2H3/t28-,29+,33-,34+,40+,41-/m0/s1. The number of carbonyl (C=O) groups is 4. The Morgan fingerprint density at radius 1 is 0.847 bits per heavy atom. The molecule has 1 saturated carbocycles. The fourth-order valence-corrected chi connectivity index (χ4v) is 9.98. The zero-order chi connectivity index (χ0) is 42.3. The number of hydrogen-bond acceptors (Lipinski definition) is 11. The van der Waals surface area contributed by atoms with Gasteiger partial charge in [0, 0.05) is 43.8 Å². The quantitative estimate of drug-likeness (QED) is 0.0615. The van der Waals surface area contributed by atoms with Gasteiger partial charge < -0.3 is 14.7 Å². The number of aromatic hydroxyl groups is 1. The highest BCUT2D eigenvalue weighted by Gasteiger charge is 2.77. The predicted molar refractivity (Wildman–Crippen MR) is 212 cm³/mol. The minimum atomic E-state index is -2.35. The first-order chi connectivity index (χ1) is 28.0. The number of halogens is 3. The van der Waals surface area contributed by atoms with Crippen LogP contribution in [0.5, 0.6) is 11.5 Å². The number of amides is 4. The second kappa shape index (κ2) is 14.2. The fourth-order valence-electron chi connectivity index (χ4n) is 9.05. The highest BCUT2D eigenvalue weighted by atomic mass is 35.5. The smallest absolute Gasteiger partial charge is 0.301 e. The maximum Gasteiger partial charge on any atom is 0.301 e. The zero-order valence-electron chi connectivity index (χ0n) is 31.1. The van der Waals surface area contributed by atoms with Gasteiger partial charge in [-0.15, -0.1) is 23.2 Å². The maximum absolute atomic E-state index is 14.7. The van der Waals surface area contributed by atoms with Crippen molar-refractivity contribution in [3.05, 3.63) is 134 Å². The molecule has 0 aromatic heterocycles. The molecule has 59 heavy (non-hydrogen) atoms. The van der Waals surface area contributed by atoms with Crippen molar-refractivity contribution in [3.63, 3.8) is 0 Å². The molecule has 0 radical (unpaired) electrons. The number of hydrogen-bond donors (Lipinski definition) is 1. The lowest BCUT2D eigenvalue weighted by Gasteiger charge is -2.50. The van der Waals surface area contributed by atoms with Crippen molar-refractivity contribution in [1.29, 1.82) is 0 Å². The number of phenols is 1. The summed E-state index contributed by atoms with van der Waals surface area (Å²) >= 11 is 14.9. The van der Waals surface area contributed by atoms with Gasteiger partial charge in [-0.1, -0.05) is 48.0 Å². The number of allylic oxidation sites excluding steroid dienone is 2. The van der Waals surface area contributed by atoms with Crippen LogP contribution in [0.4, 0.5) is 32.8 Å². The van der Waals surface area contributed by atoms with Crippen molar-refractivity contribution in [1.82, 2.24) is 0 Å². The SMILES string of the molecule is CN(C)c1c([N+](=O)[O-])cc(N2C(=O)[C@H]3[C@H](CC=C4[C@H]3C[C@@]3(Cl)C(=O)N(c5ccc(F)cc5)C(=O)[C@@]3(Cl)[C@H]4c3ccc(OCc4ccccc4)cc3O)C2=O)cc1[N+](=O)[O-]. The summed E-state index contributed by atoms with van der Waals surface area (Å²) in [6.45, 7) is 0.153. The van der Waals surface area contributed by atoms with Gasteiger partial charge in [0.05, 0.1) is 33.1 Å². The highest BCUT2D eigenvalue weighted by molar-refractivity contribution is 6.58. The molecule has 2 heterocycles. The molecular weight excluding hydrogens is 812 g/mol. The second-order valence-corrected chi connectivity index (χ2v) is 16.2. The molecule has 0 unspecified atom stereocenters. The van der Waals surface area contributed by atoms with Gasteiger partial charge in [0.25, 0.3) is 11.8 Å². The summed E-state index contributed by atoms with van der Waals surface area (Å²) < 4.78 is 19.9. The lowest BCUT2D eigenvalue weighted by atomic mass is 9.56. The van der Waals surface area contributed by atoms with E-state index < -0.39 is 96.2 Å². The molecule has 18 heteroatoms. The van der Waals surface area contributed by atoms with Crippen molar-refractivity contribution in [3.8, 4) is 11.5 Å². The highest BCUT2D eigenvalue weighted by Crippen LogP contribution is 2.66. The zero-order valence-corrected chi connectivity index (χ0v) is 32.6. The van der Waals surface area contributed by atoms with Gasteiger partial charge in [-0.2, -0.15) is 0 Å². The Balaban J connectivity index is 1.25. The third-order valence-electron chi connectivity index (χ3n) is 11.6. The van der Waals surface area contributed by atoms with Gasteiger partial charge >= 0.3 is 11.4 Å². The molecule has 2 aliphatic carbocycles. The lowest BCUT2D eigenvalue weighted by Crippen LogP contribution is -2.60. The summed E-state index contributed by atoms with van der Waals surface area (Å²) in [5.41, 5.74) is -1.03. The number of imide groups is 2. The van der Waals surface area contributed by atoms with Crippen LogP contribution >= 0.6 is 23.2 Å². The van der Waals surface area contributed by atoms with Crippen LogP contribution in [0.25, 0.3) is 0 Å². The van der Waals surface area contributed by atoms with Gasteiger partial charge in [0.1, 0.15) is 23.9 Å². The van der Waals surface area contributed by atoms with Crippen LogP contribution in [0.15, 0.2) is 96.6 Å². The van der Waals surface area contributed by atoms with Crippen molar-refractivity contribution in [2.75, 3.05) is 28.8 Å². The van der Waals surface area contributed by atoms with E-state index in [0.29, 0.717) is 10.5 Å². The number of nitro groups is 2. The van der Waals surface area contributed by atoms with Crippen LogP contribution in [-0.4, -0.2) is 62.4 Å². The molecule has 0 spiro atoms. The number of nitro benzene ring substituents is 2. The predicted octanol–water partition coefficient (Wildman–Crippen LogP) is 6.76. The van der Waals surface area contributed by atoms with Crippen LogP contribution in [-0.2, 0) is 25.8 Å². The van der Waals surface area contributed by atoms with Gasteiger partial charge in [0.2, 0.25) is 11.8 Å². The molecule has 4 aromatic rings. The Kier molecular flexibility index (Phi) is 9.47. The van der Waals surface area contributed by atoms with E-state index in [1.54, 1.807) is 6.08 Å². The van der Waals surface area contributed by atoms with Crippen molar-refractivity contribution in [2.24, 2.45) is 17.8 Å². The second-order valence-electron chi connectivity index (χ2n) is 15.0. The van der Waals surface area contributed by atoms with E-state index >= 15 is 0 Å². The number of alkyl halides is 2. The Labute approximate surface area is 344 Å². The Hall–Kier alpha value is -6.39. The monoisotopic (exact) mass is 843 g/mol. The van der Waals surface area contributed by atoms with Crippen LogP contribution in [0.2, 0.25) is 0 Å². The summed E-state index contributed by atoms with van der Waals surface area (Å²) in [5.74, 6) is -9.32. The topological polar surface area (TPSA) is 194 Å². The van der Waals surface area contributed by atoms with E-state index in [0.717, 1.165) is 34.7 Å². The third-order valence-corrected chi connectivity index (χ3v) is 13.0. The summed E-state index contributed by atoms with van der Waals surface area (Å²) in [5, 5.41) is 36.1. The normalized spacial score (nSPS) is 25.9. The number of rotatable bonds is 9. The van der Waals surface area contributed by atoms with Gasteiger partial charge in [-0.25, -0.2) is 14.2 Å². The third kappa shape index (κ3) is 5.91. The van der Waals surface area contributed by atoms with Crippen molar-refractivity contribution >= 4 is 75.3 Å². The average molecular weight is 845 g/mol. The lowest BCUT2D eigenvalue weighted by molar-refractivity contribution is -0.392. The molecule has 4 aromatic carbocycles. The maximum atomic E-state index is 14.7. The Morgan fingerprint density at radius 2 is 1.49 bits per heavy atom. The van der Waals surface area contributed by atoms with Crippen LogP contribution < -0.4 is 19.4 Å². The van der Waals surface area contributed by atoms with Crippen LogP contribution in [0.3, 0.4) is 0 Å². The molecule has 2 aliphatic heterocycles. The van der Waals surface area contributed by atoms with E-state index in [2.05, 4.69) is 0 Å². The molecule has 6 atom stereocenters. The summed E-state index contributed by atoms with van der Waals surface area (Å²) in [7, 11) is 2.74. The number of phenolic OH excluding ortho intramolecular Hbond substituents is 1. The largest absolute Gasteiger partial charge is 0.508 e. The van der Waals surface area contributed by atoms with Gasteiger partial charge in [-0.3, -0.25) is 39.4 Å². The molecule has 1 N–H and O–H groups in total. The number of carbonyl (C=O) groups excluding carboxylic acids is 4. The fraction of sp³-hybridized carbons (Fsp3) is 0.268. The van der Waals surface area contributed by atoms with E-state index in [4.69, 9.17) is 27.9 Å². The first-order valence-corrected chi connectivity index (χ1v) is 19.0. The molecule has 8 rings (SSSR count).